The number of H-pyrrole nitrogens is 1. The van der Waals surface area contributed by atoms with Crippen LogP contribution in [0.5, 0.6) is 0 Å². The largest absolute Gasteiger partial charge is 0.464 e. The highest BCUT2D eigenvalue weighted by molar-refractivity contribution is 5.96. The average molecular weight is 413 g/mol. The third-order valence-corrected chi connectivity index (χ3v) is 5.94. The Labute approximate surface area is 176 Å². The van der Waals surface area contributed by atoms with Crippen molar-refractivity contribution < 1.29 is 9.21 Å². The van der Waals surface area contributed by atoms with E-state index in [1.165, 1.54) is 0 Å². The highest BCUT2D eigenvalue weighted by Crippen LogP contribution is 2.26. The van der Waals surface area contributed by atoms with Crippen LogP contribution in [0.2, 0.25) is 0 Å². The molecule has 0 saturated carbocycles. The average Bonchev–Trinajstić information content (AvgIpc) is 3.46. The number of carbonyl (C=O) groups excluding carboxylic acids is 1. The number of aromatic nitrogens is 3. The van der Waals surface area contributed by atoms with Crippen molar-refractivity contribution in [3.63, 3.8) is 0 Å². The Bertz CT molecular complexity index is 1500. The first-order chi connectivity index (χ1) is 15.2. The van der Waals surface area contributed by atoms with Crippen molar-refractivity contribution >= 4 is 39.2 Å². The van der Waals surface area contributed by atoms with Gasteiger partial charge < -0.3 is 23.6 Å². The number of rotatable bonds is 2. The number of nitrogens with zero attached hydrogens (tertiary/aromatic N) is 4. The van der Waals surface area contributed by atoms with Crippen LogP contribution < -0.4 is 10.5 Å². The molecule has 1 aliphatic heterocycles. The van der Waals surface area contributed by atoms with Crippen LogP contribution in [0.3, 0.4) is 0 Å². The zero-order valence-corrected chi connectivity index (χ0v) is 16.6. The van der Waals surface area contributed by atoms with E-state index in [-0.39, 0.29) is 11.5 Å². The van der Waals surface area contributed by atoms with Gasteiger partial charge in [0.1, 0.15) is 17.0 Å². The molecule has 1 aromatic carbocycles. The summed E-state index contributed by atoms with van der Waals surface area (Å²) in [5.41, 5.74) is 2.61. The molecular formula is C23H19N5O3. The molecule has 5 aromatic rings. The molecule has 1 amide bonds. The molecule has 8 heteroatoms. The highest BCUT2D eigenvalue weighted by Gasteiger charge is 2.25. The van der Waals surface area contributed by atoms with Gasteiger partial charge in [0.15, 0.2) is 0 Å². The number of furan rings is 1. The maximum atomic E-state index is 13.2. The number of carbonyl (C=O) groups is 1. The molecule has 0 unspecified atom stereocenters. The normalized spacial score (nSPS) is 14.7. The van der Waals surface area contributed by atoms with Crippen molar-refractivity contribution in [1.29, 1.82) is 0 Å². The maximum absolute atomic E-state index is 13.2. The summed E-state index contributed by atoms with van der Waals surface area (Å²) in [6.45, 7) is 2.57. The van der Waals surface area contributed by atoms with Gasteiger partial charge >= 0.3 is 0 Å². The fourth-order valence-electron chi connectivity index (χ4n) is 4.37. The number of hydrogen-bond donors (Lipinski definition) is 1. The molecule has 1 fully saturated rings. The van der Waals surface area contributed by atoms with Crippen molar-refractivity contribution in [3.8, 4) is 0 Å². The summed E-state index contributed by atoms with van der Waals surface area (Å²) in [5, 5.41) is 1.58. The van der Waals surface area contributed by atoms with Crippen LogP contribution in [0.1, 0.15) is 10.4 Å². The van der Waals surface area contributed by atoms with E-state index in [0.717, 1.165) is 22.3 Å². The van der Waals surface area contributed by atoms with Gasteiger partial charge in [-0.15, -0.1) is 0 Å². The molecule has 0 aliphatic carbocycles. The lowest BCUT2D eigenvalue weighted by Crippen LogP contribution is -2.49. The van der Waals surface area contributed by atoms with Crippen molar-refractivity contribution in [2.75, 3.05) is 31.1 Å². The van der Waals surface area contributed by atoms with Gasteiger partial charge in [0, 0.05) is 38.6 Å². The Morgan fingerprint density at radius 2 is 1.87 bits per heavy atom. The molecule has 0 bridgehead atoms. The van der Waals surface area contributed by atoms with Crippen LogP contribution >= 0.6 is 0 Å². The van der Waals surface area contributed by atoms with Crippen molar-refractivity contribution in [1.82, 2.24) is 19.3 Å². The van der Waals surface area contributed by atoms with Gasteiger partial charge in [0.25, 0.3) is 11.5 Å². The van der Waals surface area contributed by atoms with E-state index in [2.05, 4.69) is 14.9 Å². The van der Waals surface area contributed by atoms with E-state index in [0.29, 0.717) is 42.8 Å². The number of nitrogens with one attached hydrogen (secondary N) is 1. The summed E-state index contributed by atoms with van der Waals surface area (Å²) in [6.07, 6.45) is 5.22. The molecular weight excluding hydrogens is 394 g/mol. The lowest BCUT2D eigenvalue weighted by molar-refractivity contribution is 0.0747. The topological polar surface area (TPSA) is 86.9 Å². The van der Waals surface area contributed by atoms with Crippen LogP contribution in [0.15, 0.2) is 70.3 Å². The third kappa shape index (κ3) is 2.79. The zero-order chi connectivity index (χ0) is 20.9. The molecule has 1 N–H and O–H groups in total. The Balaban J connectivity index is 1.26. The molecule has 8 nitrogen and oxygen atoms in total. The molecule has 6 rings (SSSR count). The smallest absolute Gasteiger partial charge is 0.258 e. The minimum Gasteiger partial charge on any atom is -0.464 e. The van der Waals surface area contributed by atoms with Gasteiger partial charge in [-0.2, -0.15) is 0 Å². The first-order valence-corrected chi connectivity index (χ1v) is 10.2. The van der Waals surface area contributed by atoms with E-state index in [4.69, 9.17) is 4.42 Å². The Morgan fingerprint density at radius 1 is 1.03 bits per heavy atom. The lowest BCUT2D eigenvalue weighted by Gasteiger charge is -2.35. The maximum Gasteiger partial charge on any atom is 0.258 e. The number of amides is 1. The van der Waals surface area contributed by atoms with Crippen LogP contribution in [0, 0.1) is 0 Å². The second-order valence-electron chi connectivity index (χ2n) is 7.70. The number of anilines is 1. The van der Waals surface area contributed by atoms with Gasteiger partial charge in [-0.3, -0.25) is 9.59 Å². The summed E-state index contributed by atoms with van der Waals surface area (Å²) in [7, 11) is 0. The van der Waals surface area contributed by atoms with Crippen LogP contribution in [-0.2, 0) is 0 Å². The van der Waals surface area contributed by atoms with Gasteiger partial charge in [0.2, 0.25) is 0 Å². The molecule has 0 spiro atoms. The predicted octanol–water partition coefficient (Wildman–Crippen LogP) is 2.88. The monoisotopic (exact) mass is 413 g/mol. The number of para-hydroxylation sites is 1. The fraction of sp³-hybridized carbons (Fsp3) is 0.174. The number of benzene rings is 1. The van der Waals surface area contributed by atoms with E-state index in [1.54, 1.807) is 30.8 Å². The summed E-state index contributed by atoms with van der Waals surface area (Å²) in [6, 6.07) is 12.9. The summed E-state index contributed by atoms with van der Waals surface area (Å²) in [5.74, 6) is 0.847. The Morgan fingerprint density at radius 3 is 2.74 bits per heavy atom. The number of piperazine rings is 1. The standard InChI is InChI=1S/C23H19N5O3/c29-22-16-3-1-2-4-18(16)28-14-15(13-20(28)25-22)23(30)27-10-8-26(9-11-27)21-17-6-12-31-19(17)5-7-24-21/h1-7,12-14H,8-11H2,(H,25,29). The number of hydrogen-bond acceptors (Lipinski definition) is 5. The van der Waals surface area contributed by atoms with Crippen LogP contribution in [-0.4, -0.2) is 51.4 Å². The van der Waals surface area contributed by atoms with Gasteiger partial charge in [-0.25, -0.2) is 4.98 Å². The van der Waals surface area contributed by atoms with Crippen molar-refractivity contribution in [3.05, 3.63) is 77.0 Å². The molecule has 1 saturated heterocycles. The molecule has 31 heavy (non-hydrogen) atoms. The first-order valence-electron chi connectivity index (χ1n) is 10.2. The van der Waals surface area contributed by atoms with Crippen molar-refractivity contribution in [2.45, 2.75) is 0 Å². The van der Waals surface area contributed by atoms with E-state index < -0.39 is 0 Å². The zero-order valence-electron chi connectivity index (χ0n) is 16.6. The fourth-order valence-corrected chi connectivity index (χ4v) is 4.37. The van der Waals surface area contributed by atoms with Crippen molar-refractivity contribution in [2.24, 2.45) is 0 Å². The van der Waals surface area contributed by atoms with Crippen LogP contribution in [0.4, 0.5) is 5.82 Å². The molecule has 5 heterocycles. The Hall–Kier alpha value is -4.07. The molecule has 154 valence electrons. The number of pyridine rings is 1. The summed E-state index contributed by atoms with van der Waals surface area (Å²) >= 11 is 0. The lowest BCUT2D eigenvalue weighted by atomic mass is 10.2. The number of aromatic amines is 1. The molecule has 1 aliphatic rings. The molecule has 0 radical (unpaired) electrons. The SMILES string of the molecule is O=C(c1cc2[nH]c(=O)c3ccccc3n2c1)N1CCN(c2nccc3occc23)CC1. The minimum absolute atomic E-state index is 0.0391. The second kappa shape index (κ2) is 6.73. The number of fused-ring (bicyclic) bond motifs is 4. The molecule has 4 aromatic heterocycles. The van der Waals surface area contributed by atoms with Gasteiger partial charge in [0.05, 0.1) is 28.1 Å². The minimum atomic E-state index is -0.158. The second-order valence-corrected chi connectivity index (χ2v) is 7.70. The predicted molar refractivity (Wildman–Crippen MR) is 118 cm³/mol. The highest BCUT2D eigenvalue weighted by atomic mass is 16.3. The van der Waals surface area contributed by atoms with E-state index in [1.807, 2.05) is 39.6 Å². The molecule has 0 atom stereocenters. The van der Waals surface area contributed by atoms with E-state index >= 15 is 0 Å². The summed E-state index contributed by atoms with van der Waals surface area (Å²) < 4.78 is 7.34. The van der Waals surface area contributed by atoms with Gasteiger partial charge in [-0.1, -0.05) is 12.1 Å². The first kappa shape index (κ1) is 17.8. The van der Waals surface area contributed by atoms with E-state index in [9.17, 15) is 9.59 Å². The Kier molecular flexibility index (Phi) is 3.86. The quantitative estimate of drug-likeness (QED) is 0.481. The summed E-state index contributed by atoms with van der Waals surface area (Å²) in [4.78, 5) is 36.9. The third-order valence-electron chi connectivity index (χ3n) is 5.94. The van der Waals surface area contributed by atoms with Crippen LogP contribution in [0.25, 0.3) is 27.5 Å². The van der Waals surface area contributed by atoms with Gasteiger partial charge in [-0.05, 0) is 30.3 Å².